The van der Waals surface area contributed by atoms with Crippen molar-refractivity contribution in [3.63, 3.8) is 0 Å². The molecule has 0 saturated heterocycles. The number of hydrogen-bond acceptors (Lipinski definition) is 5. The molecule has 1 aliphatic carbocycles. The molecule has 8 heteroatoms. The third-order valence-corrected chi connectivity index (χ3v) is 5.71. The van der Waals surface area contributed by atoms with E-state index in [-0.39, 0.29) is 29.7 Å². The van der Waals surface area contributed by atoms with Crippen molar-refractivity contribution in [3.05, 3.63) is 59.2 Å². The fraction of sp³-hybridized carbons (Fsp3) is 0.481. The first kappa shape index (κ1) is 28.2. The molecule has 1 aromatic carbocycles. The minimum Gasteiger partial charge on any atom is -0.381 e. The van der Waals surface area contributed by atoms with E-state index in [0.29, 0.717) is 63.4 Å². The highest BCUT2D eigenvalue weighted by atomic mass is 19.3. The van der Waals surface area contributed by atoms with Gasteiger partial charge in [-0.25, -0.2) is 0 Å². The van der Waals surface area contributed by atoms with Crippen molar-refractivity contribution in [1.29, 1.82) is 5.41 Å². The van der Waals surface area contributed by atoms with Crippen LogP contribution in [-0.2, 0) is 14.3 Å². The molecule has 0 radical (unpaired) electrons. The zero-order valence-corrected chi connectivity index (χ0v) is 20.4. The van der Waals surface area contributed by atoms with Crippen molar-refractivity contribution in [2.45, 2.75) is 64.7 Å². The Labute approximate surface area is 205 Å². The van der Waals surface area contributed by atoms with Crippen molar-refractivity contribution >= 4 is 23.3 Å². The Morgan fingerprint density at radius 1 is 1.14 bits per heavy atom. The van der Waals surface area contributed by atoms with Crippen LogP contribution in [0.1, 0.15) is 69.2 Å². The highest BCUT2D eigenvalue weighted by Gasteiger charge is 2.33. The number of allylic oxidation sites excluding steroid dienone is 3. The van der Waals surface area contributed by atoms with Gasteiger partial charge in [0.05, 0.1) is 0 Å². The van der Waals surface area contributed by atoms with E-state index in [1.807, 2.05) is 30.4 Å². The van der Waals surface area contributed by atoms with E-state index >= 15 is 0 Å². The predicted octanol–water partition coefficient (Wildman–Crippen LogP) is 5.44. The van der Waals surface area contributed by atoms with Gasteiger partial charge in [-0.2, -0.15) is 8.78 Å². The molecule has 1 aromatic rings. The topological polar surface area (TPSA) is 96.3 Å². The van der Waals surface area contributed by atoms with Gasteiger partial charge in [-0.05, 0) is 37.2 Å². The quantitative estimate of drug-likeness (QED) is 0.158. The Morgan fingerprint density at radius 2 is 1.86 bits per heavy atom. The Balaban J connectivity index is 1.90. The number of ketones is 2. The highest BCUT2D eigenvalue weighted by Crippen LogP contribution is 2.24. The van der Waals surface area contributed by atoms with Gasteiger partial charge >= 0.3 is 5.92 Å². The molecule has 0 fully saturated rings. The van der Waals surface area contributed by atoms with Crippen molar-refractivity contribution in [3.8, 4) is 0 Å². The second-order valence-corrected chi connectivity index (χ2v) is 8.92. The summed E-state index contributed by atoms with van der Waals surface area (Å²) in [6, 6.07) is 9.08. The number of amides is 1. The largest absolute Gasteiger partial charge is 0.381 e. The highest BCUT2D eigenvalue weighted by molar-refractivity contribution is 6.07. The number of rotatable bonds is 14. The molecule has 2 rings (SSSR count). The van der Waals surface area contributed by atoms with Gasteiger partial charge in [-0.15, -0.1) is 0 Å². The number of halogens is 2. The number of amidine groups is 1. The first-order chi connectivity index (χ1) is 16.6. The average Bonchev–Trinajstić information content (AvgIpc) is 2.82. The number of alkyl halides is 2. The molecule has 0 bridgehead atoms. The standard InChI is InChI=1S/C27H34F2N2O4/c1-3-15-35-18-20(11-14-24(33)21-7-5-4-6-8-21)17-23(32)16-19-9-12-22(13-10-19)25(30)31-26(34)27(2,28)29/h4-9,12,20H,3,10-11,13-18H2,1-2H3,(H2,30,31,34)/t20-/m0/s1. The first-order valence-corrected chi connectivity index (χ1v) is 11.9. The maximum atomic E-state index is 13.0. The zero-order valence-electron chi connectivity index (χ0n) is 20.4. The Morgan fingerprint density at radius 3 is 2.46 bits per heavy atom. The molecule has 1 aliphatic rings. The molecular weight excluding hydrogens is 454 g/mol. The van der Waals surface area contributed by atoms with E-state index < -0.39 is 11.8 Å². The van der Waals surface area contributed by atoms with E-state index in [1.54, 1.807) is 24.3 Å². The van der Waals surface area contributed by atoms with Gasteiger partial charge in [0, 0.05) is 45.0 Å². The first-order valence-electron chi connectivity index (χ1n) is 11.9. The summed E-state index contributed by atoms with van der Waals surface area (Å²) in [5, 5.41) is 9.76. The van der Waals surface area contributed by atoms with Crippen molar-refractivity contribution in [2.24, 2.45) is 5.92 Å². The van der Waals surface area contributed by atoms with Gasteiger partial charge in [0.1, 0.15) is 11.6 Å². The van der Waals surface area contributed by atoms with Gasteiger partial charge in [-0.1, -0.05) is 55.0 Å². The van der Waals surface area contributed by atoms with Gasteiger partial charge in [0.15, 0.2) is 5.78 Å². The average molecular weight is 489 g/mol. The smallest absolute Gasteiger partial charge is 0.322 e. The molecule has 1 atom stereocenters. The molecule has 35 heavy (non-hydrogen) atoms. The van der Waals surface area contributed by atoms with Crippen molar-refractivity contribution in [2.75, 3.05) is 13.2 Å². The molecule has 6 nitrogen and oxygen atoms in total. The molecule has 0 unspecified atom stereocenters. The minimum absolute atomic E-state index is 0.0411. The van der Waals surface area contributed by atoms with Gasteiger partial charge in [-0.3, -0.25) is 19.8 Å². The van der Waals surface area contributed by atoms with Crippen molar-refractivity contribution < 1.29 is 27.9 Å². The SMILES string of the molecule is CCCOC[C@@H](CCC(=O)c1ccccc1)CC(=O)CC1=CC=C(C(=N)NC(=O)C(C)(F)F)CC1. The molecule has 2 N–H and O–H groups in total. The van der Waals surface area contributed by atoms with Crippen LogP contribution < -0.4 is 5.32 Å². The monoisotopic (exact) mass is 488 g/mol. The molecule has 0 saturated carbocycles. The van der Waals surface area contributed by atoms with Gasteiger partial charge < -0.3 is 10.1 Å². The Kier molecular flexibility index (Phi) is 11.1. The number of ether oxygens (including phenoxy) is 1. The van der Waals surface area contributed by atoms with Gasteiger partial charge in [0.25, 0.3) is 5.91 Å². The van der Waals surface area contributed by atoms with Crippen LogP contribution in [0.4, 0.5) is 8.78 Å². The summed E-state index contributed by atoms with van der Waals surface area (Å²) in [5.41, 5.74) is 1.97. The summed E-state index contributed by atoms with van der Waals surface area (Å²) in [4.78, 5) is 36.6. The maximum absolute atomic E-state index is 13.0. The second-order valence-electron chi connectivity index (χ2n) is 8.92. The fourth-order valence-electron chi connectivity index (χ4n) is 3.73. The summed E-state index contributed by atoms with van der Waals surface area (Å²) in [7, 11) is 0. The number of nitrogens with one attached hydrogen (secondary N) is 2. The predicted molar refractivity (Wildman–Crippen MR) is 131 cm³/mol. The third kappa shape index (κ3) is 10.0. The molecule has 0 aromatic heterocycles. The third-order valence-electron chi connectivity index (χ3n) is 5.71. The molecular formula is C27H34F2N2O4. The normalized spacial score (nSPS) is 14.5. The molecule has 0 spiro atoms. The fourth-order valence-corrected chi connectivity index (χ4v) is 3.73. The molecule has 190 valence electrons. The van der Waals surface area contributed by atoms with Crippen LogP contribution in [0.15, 0.2) is 53.6 Å². The zero-order chi connectivity index (χ0) is 25.8. The Hall–Kier alpha value is -3.00. The van der Waals surface area contributed by atoms with Gasteiger partial charge in [0.2, 0.25) is 0 Å². The minimum atomic E-state index is -3.56. The number of carbonyl (C=O) groups is 3. The van der Waals surface area contributed by atoms with Crippen LogP contribution in [-0.4, -0.2) is 42.4 Å². The maximum Gasteiger partial charge on any atom is 0.322 e. The van der Waals surface area contributed by atoms with Crippen LogP contribution in [0.5, 0.6) is 0 Å². The number of benzene rings is 1. The summed E-state index contributed by atoms with van der Waals surface area (Å²) in [6.07, 6.45) is 6.50. The lowest BCUT2D eigenvalue weighted by atomic mass is 9.90. The van der Waals surface area contributed by atoms with Crippen LogP contribution in [0.25, 0.3) is 0 Å². The molecule has 1 amide bonds. The second kappa shape index (κ2) is 13.8. The van der Waals surface area contributed by atoms with E-state index in [0.717, 1.165) is 12.0 Å². The summed E-state index contributed by atoms with van der Waals surface area (Å²) in [6.45, 7) is 3.51. The van der Waals surface area contributed by atoms with Crippen molar-refractivity contribution in [1.82, 2.24) is 5.32 Å². The lowest BCUT2D eigenvalue weighted by Crippen LogP contribution is -2.41. The van der Waals surface area contributed by atoms with E-state index in [1.165, 1.54) is 0 Å². The van der Waals surface area contributed by atoms with E-state index in [4.69, 9.17) is 10.1 Å². The van der Waals surface area contributed by atoms with E-state index in [2.05, 4.69) is 0 Å². The lowest BCUT2D eigenvalue weighted by molar-refractivity contribution is -0.141. The van der Waals surface area contributed by atoms with Crippen LogP contribution in [0, 0.1) is 11.3 Å². The molecule has 0 aliphatic heterocycles. The summed E-state index contributed by atoms with van der Waals surface area (Å²) >= 11 is 0. The number of carbonyl (C=O) groups excluding carboxylic acids is 3. The van der Waals surface area contributed by atoms with Crippen LogP contribution >= 0.6 is 0 Å². The van der Waals surface area contributed by atoms with E-state index in [9.17, 15) is 23.2 Å². The summed E-state index contributed by atoms with van der Waals surface area (Å²) < 4.78 is 31.7. The Bertz CT molecular complexity index is 965. The summed E-state index contributed by atoms with van der Waals surface area (Å²) in [5.74, 6) is -5.40. The molecule has 0 heterocycles. The number of Topliss-reactive ketones (excluding diaryl/α,β-unsaturated/α-hetero) is 2. The lowest BCUT2D eigenvalue weighted by Gasteiger charge is -2.19. The van der Waals surface area contributed by atoms with Crippen LogP contribution in [0.3, 0.4) is 0 Å². The number of hydrogen-bond donors (Lipinski definition) is 2. The van der Waals surface area contributed by atoms with Crippen LogP contribution in [0.2, 0.25) is 0 Å².